The van der Waals surface area contributed by atoms with Crippen LogP contribution in [0.25, 0.3) is 0 Å². The number of aryl methyl sites for hydroxylation is 1. The van der Waals surface area contributed by atoms with Gasteiger partial charge in [-0.25, -0.2) is 4.98 Å². The highest BCUT2D eigenvalue weighted by molar-refractivity contribution is 6.32. The Labute approximate surface area is 117 Å². The lowest BCUT2D eigenvalue weighted by Crippen LogP contribution is -2.05. The highest BCUT2D eigenvalue weighted by Crippen LogP contribution is 2.21. The fourth-order valence-electron chi connectivity index (χ4n) is 1.83. The third-order valence-corrected chi connectivity index (χ3v) is 3.13. The number of hydrogen-bond acceptors (Lipinski definition) is 4. The maximum atomic E-state index is 6.05. The summed E-state index contributed by atoms with van der Waals surface area (Å²) >= 11 is 6.05. The van der Waals surface area contributed by atoms with Crippen LogP contribution < -0.4 is 10.1 Å². The summed E-state index contributed by atoms with van der Waals surface area (Å²) in [7, 11) is 1.53. The lowest BCUT2D eigenvalue weighted by Gasteiger charge is -2.11. The molecule has 1 aromatic heterocycles. The first-order valence-electron chi connectivity index (χ1n) is 6.11. The van der Waals surface area contributed by atoms with Gasteiger partial charge in [-0.3, -0.25) is 0 Å². The summed E-state index contributed by atoms with van der Waals surface area (Å²) in [5.74, 6) is 0.583. The summed E-state index contributed by atoms with van der Waals surface area (Å²) < 4.78 is 4.99. The van der Waals surface area contributed by atoms with Crippen LogP contribution in [-0.4, -0.2) is 17.1 Å². The molecule has 0 aliphatic rings. The number of ether oxygens (including phenoxy) is 1. The van der Waals surface area contributed by atoms with Crippen LogP contribution >= 0.6 is 11.6 Å². The Morgan fingerprint density at radius 1 is 1.26 bits per heavy atom. The van der Waals surface area contributed by atoms with E-state index in [1.165, 1.54) is 24.4 Å². The normalized spacial score (nSPS) is 10.3. The zero-order valence-electron chi connectivity index (χ0n) is 11.0. The number of anilines is 1. The minimum atomic E-state index is 0.302. The molecule has 19 heavy (non-hydrogen) atoms. The molecule has 2 aromatic rings. The molecule has 2 rings (SSSR count). The Morgan fingerprint density at radius 3 is 2.68 bits per heavy atom. The van der Waals surface area contributed by atoms with Crippen LogP contribution in [0.2, 0.25) is 5.02 Å². The summed E-state index contributed by atoms with van der Waals surface area (Å²) in [5.41, 5.74) is 2.55. The fraction of sp³-hybridized carbons (Fsp3) is 0.286. The lowest BCUT2D eigenvalue weighted by atomic mass is 10.1. The van der Waals surface area contributed by atoms with Gasteiger partial charge < -0.3 is 10.1 Å². The number of benzene rings is 1. The Morgan fingerprint density at radius 2 is 2.00 bits per heavy atom. The maximum Gasteiger partial charge on any atom is 0.318 e. The van der Waals surface area contributed by atoms with Gasteiger partial charge in [0.05, 0.1) is 13.3 Å². The molecule has 0 aliphatic carbocycles. The van der Waals surface area contributed by atoms with Gasteiger partial charge in [0, 0.05) is 6.54 Å². The molecule has 4 nitrogen and oxygen atoms in total. The minimum Gasteiger partial charge on any atom is -0.467 e. The van der Waals surface area contributed by atoms with Gasteiger partial charge in [0.15, 0.2) is 5.82 Å². The Bertz CT molecular complexity index is 560. The topological polar surface area (TPSA) is 47.0 Å². The first kappa shape index (κ1) is 13.6. The smallest absolute Gasteiger partial charge is 0.318 e. The molecule has 0 saturated heterocycles. The van der Waals surface area contributed by atoms with Crippen LogP contribution in [0.1, 0.15) is 18.1 Å². The number of methoxy groups -OCH3 is 1. The quantitative estimate of drug-likeness (QED) is 0.911. The summed E-state index contributed by atoms with van der Waals surface area (Å²) in [6, 6.07) is 8.59. The maximum absolute atomic E-state index is 6.05. The van der Waals surface area contributed by atoms with E-state index in [4.69, 9.17) is 16.3 Å². The van der Waals surface area contributed by atoms with Crippen LogP contribution in [0.4, 0.5) is 5.82 Å². The monoisotopic (exact) mass is 277 g/mol. The van der Waals surface area contributed by atoms with Crippen molar-refractivity contribution < 1.29 is 4.74 Å². The van der Waals surface area contributed by atoms with Crippen molar-refractivity contribution in [1.29, 1.82) is 0 Å². The SMILES string of the molecule is CCc1ccccc1CNc1nc(OC)ncc1Cl. The molecule has 0 aliphatic heterocycles. The van der Waals surface area contributed by atoms with Crippen molar-refractivity contribution in [2.45, 2.75) is 19.9 Å². The first-order valence-corrected chi connectivity index (χ1v) is 6.49. The van der Waals surface area contributed by atoms with Crippen molar-refractivity contribution in [2.24, 2.45) is 0 Å². The van der Waals surface area contributed by atoms with Crippen LogP contribution in [-0.2, 0) is 13.0 Å². The molecular weight excluding hydrogens is 262 g/mol. The van der Waals surface area contributed by atoms with E-state index in [0.717, 1.165) is 6.42 Å². The van der Waals surface area contributed by atoms with Crippen molar-refractivity contribution in [1.82, 2.24) is 9.97 Å². The largest absolute Gasteiger partial charge is 0.467 e. The van der Waals surface area contributed by atoms with Crippen LogP contribution in [0.3, 0.4) is 0 Å². The zero-order valence-corrected chi connectivity index (χ0v) is 11.7. The second-order valence-corrected chi connectivity index (χ2v) is 4.44. The summed E-state index contributed by atoms with van der Waals surface area (Å²) in [6.07, 6.45) is 2.53. The van der Waals surface area contributed by atoms with E-state index in [1.54, 1.807) is 0 Å². The predicted octanol–water partition coefficient (Wildman–Crippen LogP) is 3.31. The molecule has 1 heterocycles. The third-order valence-electron chi connectivity index (χ3n) is 2.85. The molecule has 0 unspecified atom stereocenters. The summed E-state index contributed by atoms with van der Waals surface area (Å²) in [6.45, 7) is 2.81. The Kier molecular flexibility index (Phi) is 4.58. The van der Waals surface area contributed by atoms with Gasteiger partial charge in [-0.05, 0) is 17.5 Å². The number of rotatable bonds is 5. The van der Waals surface area contributed by atoms with Crippen molar-refractivity contribution in [3.63, 3.8) is 0 Å². The highest BCUT2D eigenvalue weighted by atomic mass is 35.5. The summed E-state index contributed by atoms with van der Waals surface area (Å²) in [5, 5.41) is 3.70. The number of halogens is 1. The van der Waals surface area contributed by atoms with Gasteiger partial charge in [0.1, 0.15) is 5.02 Å². The lowest BCUT2D eigenvalue weighted by molar-refractivity contribution is 0.380. The number of nitrogens with one attached hydrogen (secondary N) is 1. The number of nitrogens with zero attached hydrogens (tertiary/aromatic N) is 2. The average molecular weight is 278 g/mol. The van der Waals surface area contributed by atoms with Gasteiger partial charge in [-0.2, -0.15) is 4.98 Å². The number of hydrogen-bond donors (Lipinski definition) is 1. The van der Waals surface area contributed by atoms with Gasteiger partial charge in [0.2, 0.25) is 0 Å². The van der Waals surface area contributed by atoms with Crippen LogP contribution in [0.5, 0.6) is 6.01 Å². The van der Waals surface area contributed by atoms with Gasteiger partial charge in [-0.15, -0.1) is 0 Å². The third kappa shape index (κ3) is 3.35. The highest BCUT2D eigenvalue weighted by Gasteiger charge is 2.06. The van der Waals surface area contributed by atoms with Crippen molar-refractivity contribution >= 4 is 17.4 Å². The first-order chi connectivity index (χ1) is 9.24. The fourth-order valence-corrected chi connectivity index (χ4v) is 1.98. The Balaban J connectivity index is 2.14. The van der Waals surface area contributed by atoms with Crippen LogP contribution in [0, 0.1) is 0 Å². The van der Waals surface area contributed by atoms with E-state index >= 15 is 0 Å². The molecule has 0 bridgehead atoms. The molecule has 0 fully saturated rings. The molecule has 100 valence electrons. The van der Waals surface area contributed by atoms with Crippen molar-refractivity contribution in [3.05, 3.63) is 46.6 Å². The predicted molar refractivity (Wildman–Crippen MR) is 76.7 cm³/mol. The van der Waals surface area contributed by atoms with E-state index in [9.17, 15) is 0 Å². The van der Waals surface area contributed by atoms with E-state index in [2.05, 4.69) is 34.3 Å². The molecule has 0 radical (unpaired) electrons. The van der Waals surface area contributed by atoms with Crippen molar-refractivity contribution in [3.8, 4) is 6.01 Å². The van der Waals surface area contributed by atoms with Gasteiger partial charge in [-0.1, -0.05) is 42.8 Å². The molecule has 5 heteroatoms. The standard InChI is InChI=1S/C14H16ClN3O/c1-3-10-6-4-5-7-11(10)8-16-13-12(15)9-17-14(18-13)19-2/h4-7,9H,3,8H2,1-2H3,(H,16,17,18). The Hall–Kier alpha value is -1.81. The number of aromatic nitrogens is 2. The molecule has 0 saturated carbocycles. The molecule has 0 spiro atoms. The van der Waals surface area contributed by atoms with E-state index in [0.29, 0.717) is 23.4 Å². The molecule has 1 aromatic carbocycles. The molecule has 0 atom stereocenters. The van der Waals surface area contributed by atoms with E-state index < -0.39 is 0 Å². The zero-order chi connectivity index (χ0) is 13.7. The minimum absolute atomic E-state index is 0.302. The molecule has 1 N–H and O–H groups in total. The van der Waals surface area contributed by atoms with E-state index in [-0.39, 0.29) is 0 Å². The van der Waals surface area contributed by atoms with Gasteiger partial charge in [0.25, 0.3) is 0 Å². The second-order valence-electron chi connectivity index (χ2n) is 4.03. The summed E-state index contributed by atoms with van der Waals surface area (Å²) in [4.78, 5) is 8.13. The van der Waals surface area contributed by atoms with E-state index in [1.807, 2.05) is 12.1 Å². The molecule has 0 amide bonds. The van der Waals surface area contributed by atoms with Crippen molar-refractivity contribution in [2.75, 3.05) is 12.4 Å². The second kappa shape index (κ2) is 6.38. The average Bonchev–Trinajstić information content (AvgIpc) is 2.46. The van der Waals surface area contributed by atoms with Crippen LogP contribution in [0.15, 0.2) is 30.5 Å². The van der Waals surface area contributed by atoms with Gasteiger partial charge >= 0.3 is 6.01 Å². The molecular formula is C14H16ClN3O.